The first-order valence-electron chi connectivity index (χ1n) is 6.95. The number of rotatable bonds is 5. The van der Waals surface area contributed by atoms with Gasteiger partial charge in [-0.25, -0.2) is 13.6 Å². The summed E-state index contributed by atoms with van der Waals surface area (Å²) in [6, 6.07) is 8.68. The standard InChI is InChI=1S/C16H17F2N3O/c1-2-14(11-6-8-19-9-7-11)21-16(22)20-13-5-3-4-12(10-13)15(17)18/h3-10,14-15H,2H2,1H3,(H2,20,21,22)/t14-/m0/s1. The molecule has 0 saturated carbocycles. The van der Waals surface area contributed by atoms with E-state index in [0.717, 1.165) is 5.56 Å². The molecule has 0 aliphatic rings. The Morgan fingerprint density at radius 2 is 1.91 bits per heavy atom. The molecular weight excluding hydrogens is 288 g/mol. The second-order valence-electron chi connectivity index (χ2n) is 4.77. The number of carbonyl (C=O) groups excluding carboxylic acids is 1. The lowest BCUT2D eigenvalue weighted by Crippen LogP contribution is -2.32. The number of carbonyl (C=O) groups is 1. The smallest absolute Gasteiger partial charge is 0.319 e. The molecule has 1 aromatic heterocycles. The van der Waals surface area contributed by atoms with Crippen molar-refractivity contribution in [2.24, 2.45) is 0 Å². The molecule has 1 atom stereocenters. The Labute approximate surface area is 127 Å². The predicted molar refractivity (Wildman–Crippen MR) is 80.8 cm³/mol. The molecule has 0 unspecified atom stereocenters. The largest absolute Gasteiger partial charge is 0.331 e. The van der Waals surface area contributed by atoms with Gasteiger partial charge in [0.2, 0.25) is 0 Å². The first-order chi connectivity index (χ1) is 10.6. The molecule has 2 N–H and O–H groups in total. The number of halogens is 2. The van der Waals surface area contributed by atoms with E-state index in [0.29, 0.717) is 12.1 Å². The number of aromatic nitrogens is 1. The lowest BCUT2D eigenvalue weighted by atomic mass is 10.1. The highest BCUT2D eigenvalue weighted by Crippen LogP contribution is 2.22. The van der Waals surface area contributed by atoms with Crippen LogP contribution >= 0.6 is 0 Å². The number of urea groups is 1. The van der Waals surface area contributed by atoms with E-state index in [4.69, 9.17) is 0 Å². The van der Waals surface area contributed by atoms with E-state index in [9.17, 15) is 13.6 Å². The molecule has 0 bridgehead atoms. The molecule has 6 heteroatoms. The normalized spacial score (nSPS) is 12.0. The minimum atomic E-state index is -2.56. The molecular formula is C16H17F2N3O. The van der Waals surface area contributed by atoms with Gasteiger partial charge in [-0.3, -0.25) is 4.98 Å². The highest BCUT2D eigenvalue weighted by Gasteiger charge is 2.13. The van der Waals surface area contributed by atoms with Crippen molar-refractivity contribution in [3.05, 3.63) is 59.9 Å². The molecule has 2 amide bonds. The maximum absolute atomic E-state index is 12.6. The highest BCUT2D eigenvalue weighted by molar-refractivity contribution is 5.89. The van der Waals surface area contributed by atoms with Gasteiger partial charge in [-0.15, -0.1) is 0 Å². The van der Waals surface area contributed by atoms with Crippen LogP contribution in [0.2, 0.25) is 0 Å². The fourth-order valence-corrected chi connectivity index (χ4v) is 2.09. The first-order valence-corrected chi connectivity index (χ1v) is 6.95. The van der Waals surface area contributed by atoms with Crippen molar-refractivity contribution < 1.29 is 13.6 Å². The van der Waals surface area contributed by atoms with Crippen LogP contribution in [0.1, 0.15) is 36.9 Å². The van der Waals surface area contributed by atoms with Gasteiger partial charge in [0.05, 0.1) is 6.04 Å². The molecule has 2 aromatic rings. The number of benzene rings is 1. The van der Waals surface area contributed by atoms with Gasteiger partial charge in [0.15, 0.2) is 0 Å². The Bertz CT molecular complexity index is 620. The molecule has 0 radical (unpaired) electrons. The number of pyridine rings is 1. The van der Waals surface area contributed by atoms with Crippen molar-refractivity contribution in [1.82, 2.24) is 10.3 Å². The van der Waals surface area contributed by atoms with Crippen molar-refractivity contribution in [2.45, 2.75) is 25.8 Å². The van der Waals surface area contributed by atoms with Gasteiger partial charge < -0.3 is 10.6 Å². The van der Waals surface area contributed by atoms with E-state index in [1.54, 1.807) is 18.5 Å². The Kier molecular flexibility index (Phi) is 5.41. The van der Waals surface area contributed by atoms with E-state index in [1.807, 2.05) is 19.1 Å². The number of hydrogen-bond acceptors (Lipinski definition) is 2. The van der Waals surface area contributed by atoms with Crippen molar-refractivity contribution in [3.63, 3.8) is 0 Å². The molecule has 4 nitrogen and oxygen atoms in total. The summed E-state index contributed by atoms with van der Waals surface area (Å²) in [6.07, 6.45) is 1.45. The zero-order valence-electron chi connectivity index (χ0n) is 12.1. The summed E-state index contributed by atoms with van der Waals surface area (Å²) in [6.45, 7) is 1.95. The summed E-state index contributed by atoms with van der Waals surface area (Å²) in [4.78, 5) is 15.9. The quantitative estimate of drug-likeness (QED) is 0.865. The lowest BCUT2D eigenvalue weighted by Gasteiger charge is -2.18. The third kappa shape index (κ3) is 4.25. The van der Waals surface area contributed by atoms with E-state index in [2.05, 4.69) is 15.6 Å². The number of anilines is 1. The minimum absolute atomic E-state index is 0.126. The van der Waals surface area contributed by atoms with Crippen molar-refractivity contribution >= 4 is 11.7 Å². The monoisotopic (exact) mass is 305 g/mol. The Morgan fingerprint density at radius 1 is 1.18 bits per heavy atom. The van der Waals surface area contributed by atoms with Gasteiger partial charge in [-0.05, 0) is 36.2 Å². The van der Waals surface area contributed by atoms with Gasteiger partial charge in [0.1, 0.15) is 0 Å². The molecule has 0 fully saturated rings. The Balaban J connectivity index is 2.01. The molecule has 0 spiro atoms. The van der Waals surface area contributed by atoms with Crippen molar-refractivity contribution in [2.75, 3.05) is 5.32 Å². The zero-order valence-corrected chi connectivity index (χ0v) is 12.1. The number of amides is 2. The van der Waals surface area contributed by atoms with Gasteiger partial charge in [0, 0.05) is 23.6 Å². The van der Waals surface area contributed by atoms with Gasteiger partial charge in [-0.1, -0.05) is 19.1 Å². The van der Waals surface area contributed by atoms with E-state index in [-0.39, 0.29) is 11.6 Å². The number of hydrogen-bond donors (Lipinski definition) is 2. The summed E-state index contributed by atoms with van der Waals surface area (Å²) in [5, 5.41) is 5.39. The zero-order chi connectivity index (χ0) is 15.9. The molecule has 1 aromatic carbocycles. The second kappa shape index (κ2) is 7.49. The number of alkyl halides is 2. The number of nitrogens with one attached hydrogen (secondary N) is 2. The molecule has 0 aliphatic heterocycles. The third-order valence-corrected chi connectivity index (χ3v) is 3.22. The fourth-order valence-electron chi connectivity index (χ4n) is 2.09. The molecule has 116 valence electrons. The average Bonchev–Trinajstić information content (AvgIpc) is 2.53. The summed E-state index contributed by atoms with van der Waals surface area (Å²) in [7, 11) is 0. The SMILES string of the molecule is CC[C@H](NC(=O)Nc1cccc(C(F)F)c1)c1ccncc1. The maximum atomic E-state index is 12.6. The van der Waals surface area contributed by atoms with Gasteiger partial charge in [0.25, 0.3) is 6.43 Å². The second-order valence-corrected chi connectivity index (χ2v) is 4.77. The predicted octanol–water partition coefficient (Wildman–Crippen LogP) is 4.29. The summed E-state index contributed by atoms with van der Waals surface area (Å²) in [5.41, 5.74) is 1.15. The Hall–Kier alpha value is -2.50. The van der Waals surface area contributed by atoms with Crippen molar-refractivity contribution in [1.29, 1.82) is 0 Å². The van der Waals surface area contributed by atoms with E-state index >= 15 is 0 Å². The van der Waals surface area contributed by atoms with E-state index in [1.165, 1.54) is 18.2 Å². The van der Waals surface area contributed by atoms with Crippen LogP contribution in [0.3, 0.4) is 0 Å². The van der Waals surface area contributed by atoms with Crippen LogP contribution in [0.4, 0.5) is 19.3 Å². The van der Waals surface area contributed by atoms with Crippen LogP contribution in [0.15, 0.2) is 48.8 Å². The fraction of sp³-hybridized carbons (Fsp3) is 0.250. The van der Waals surface area contributed by atoms with Gasteiger partial charge >= 0.3 is 6.03 Å². The average molecular weight is 305 g/mol. The van der Waals surface area contributed by atoms with Crippen LogP contribution in [0.5, 0.6) is 0 Å². The van der Waals surface area contributed by atoms with Crippen LogP contribution < -0.4 is 10.6 Å². The van der Waals surface area contributed by atoms with Gasteiger partial charge in [-0.2, -0.15) is 0 Å². The van der Waals surface area contributed by atoms with E-state index < -0.39 is 12.5 Å². The van der Waals surface area contributed by atoms with Crippen molar-refractivity contribution in [3.8, 4) is 0 Å². The Morgan fingerprint density at radius 3 is 2.55 bits per heavy atom. The van der Waals surface area contributed by atoms with Crippen LogP contribution in [-0.2, 0) is 0 Å². The molecule has 2 rings (SSSR count). The maximum Gasteiger partial charge on any atom is 0.319 e. The summed E-state index contributed by atoms with van der Waals surface area (Å²) < 4.78 is 25.3. The lowest BCUT2D eigenvalue weighted by molar-refractivity contribution is 0.151. The van der Waals surface area contributed by atoms with Crippen LogP contribution in [-0.4, -0.2) is 11.0 Å². The third-order valence-electron chi connectivity index (χ3n) is 3.22. The molecule has 1 heterocycles. The van der Waals surface area contributed by atoms with Crippen LogP contribution in [0, 0.1) is 0 Å². The molecule has 0 saturated heterocycles. The number of nitrogens with zero attached hydrogens (tertiary/aromatic N) is 1. The molecule has 0 aliphatic carbocycles. The molecule has 22 heavy (non-hydrogen) atoms. The summed E-state index contributed by atoms with van der Waals surface area (Å²) in [5.74, 6) is 0. The first kappa shape index (κ1) is 15.9. The van der Waals surface area contributed by atoms with Crippen LogP contribution in [0.25, 0.3) is 0 Å². The summed E-state index contributed by atoms with van der Waals surface area (Å²) >= 11 is 0. The minimum Gasteiger partial charge on any atom is -0.331 e. The highest BCUT2D eigenvalue weighted by atomic mass is 19.3. The topological polar surface area (TPSA) is 54.0 Å².